The molecule has 1 aromatic rings. The highest BCUT2D eigenvalue weighted by molar-refractivity contribution is 9.10. The zero-order valence-electron chi connectivity index (χ0n) is 9.15. The lowest BCUT2D eigenvalue weighted by atomic mass is 10.1. The minimum Gasteiger partial charge on any atom is -0.468 e. The minimum atomic E-state index is -0.612. The molecule has 0 N–H and O–H groups in total. The van der Waals surface area contributed by atoms with Gasteiger partial charge in [0.2, 0.25) is 0 Å². The van der Waals surface area contributed by atoms with Crippen LogP contribution < -0.4 is 0 Å². The summed E-state index contributed by atoms with van der Waals surface area (Å²) in [5.41, 5.74) is 0.258. The first-order valence-corrected chi connectivity index (χ1v) is 6.38. The number of halogens is 3. The SMILES string of the molecule is COC(=O)C(Br)Cc1c(Cl)cc([N+](=O)[O-])cc1Cl. The number of ether oxygens (including phenoxy) is 1. The zero-order valence-corrected chi connectivity index (χ0v) is 12.3. The molecule has 0 aliphatic rings. The van der Waals surface area contributed by atoms with E-state index in [-0.39, 0.29) is 22.2 Å². The van der Waals surface area contributed by atoms with Crippen LogP contribution in [0.15, 0.2) is 12.1 Å². The van der Waals surface area contributed by atoms with Crippen LogP contribution in [0.2, 0.25) is 10.0 Å². The van der Waals surface area contributed by atoms with E-state index in [0.717, 1.165) is 0 Å². The van der Waals surface area contributed by atoms with E-state index in [9.17, 15) is 14.9 Å². The van der Waals surface area contributed by atoms with E-state index in [1.165, 1.54) is 19.2 Å². The monoisotopic (exact) mass is 355 g/mol. The van der Waals surface area contributed by atoms with Crippen molar-refractivity contribution in [3.8, 4) is 0 Å². The van der Waals surface area contributed by atoms with Crippen LogP contribution in [-0.2, 0) is 16.0 Å². The van der Waals surface area contributed by atoms with Crippen LogP contribution in [0.5, 0.6) is 0 Å². The Morgan fingerprint density at radius 1 is 1.50 bits per heavy atom. The molecule has 0 saturated heterocycles. The highest BCUT2D eigenvalue weighted by Crippen LogP contribution is 2.32. The molecule has 0 radical (unpaired) electrons. The Kier molecular flexibility index (Phi) is 5.37. The van der Waals surface area contributed by atoms with Gasteiger partial charge in [0, 0.05) is 12.1 Å². The molecule has 0 fully saturated rings. The number of carbonyl (C=O) groups excluding carboxylic acids is 1. The van der Waals surface area contributed by atoms with Crippen LogP contribution in [0, 0.1) is 10.1 Å². The van der Waals surface area contributed by atoms with E-state index in [1.807, 2.05) is 0 Å². The summed E-state index contributed by atoms with van der Waals surface area (Å²) in [5, 5.41) is 10.9. The van der Waals surface area contributed by atoms with Gasteiger partial charge in [0.1, 0.15) is 4.83 Å². The number of nitrogens with zero attached hydrogens (tertiary/aromatic N) is 1. The van der Waals surface area contributed by atoms with Gasteiger partial charge < -0.3 is 4.74 Å². The van der Waals surface area contributed by atoms with Gasteiger partial charge in [-0.3, -0.25) is 14.9 Å². The molecule has 0 heterocycles. The van der Waals surface area contributed by atoms with Gasteiger partial charge in [0.15, 0.2) is 0 Å². The summed E-state index contributed by atoms with van der Waals surface area (Å²) in [6, 6.07) is 2.39. The maximum atomic E-state index is 11.3. The second kappa shape index (κ2) is 6.36. The lowest BCUT2D eigenvalue weighted by molar-refractivity contribution is -0.384. The lowest BCUT2D eigenvalue weighted by Crippen LogP contribution is -2.18. The van der Waals surface area contributed by atoms with E-state index >= 15 is 0 Å². The molecule has 1 unspecified atom stereocenters. The molecule has 5 nitrogen and oxygen atoms in total. The number of alkyl halides is 1. The normalized spacial score (nSPS) is 12.0. The number of hydrogen-bond donors (Lipinski definition) is 0. The number of non-ortho nitro benzene ring substituents is 1. The Labute approximate surface area is 121 Å². The number of hydrogen-bond acceptors (Lipinski definition) is 4. The molecule has 0 saturated carbocycles. The van der Waals surface area contributed by atoms with Crippen LogP contribution in [-0.4, -0.2) is 22.8 Å². The summed E-state index contributed by atoms with van der Waals surface area (Å²) in [7, 11) is 1.26. The average Bonchev–Trinajstić information content (AvgIpc) is 2.31. The van der Waals surface area contributed by atoms with E-state index < -0.39 is 15.7 Å². The van der Waals surface area contributed by atoms with Crippen LogP contribution >= 0.6 is 39.1 Å². The second-order valence-corrected chi connectivity index (χ2v) is 5.26. The van der Waals surface area contributed by atoms with Crippen molar-refractivity contribution >= 4 is 50.8 Å². The highest BCUT2D eigenvalue weighted by Gasteiger charge is 2.21. The highest BCUT2D eigenvalue weighted by atomic mass is 79.9. The maximum Gasteiger partial charge on any atom is 0.319 e. The second-order valence-electron chi connectivity index (χ2n) is 3.34. The quantitative estimate of drug-likeness (QED) is 0.359. The summed E-state index contributed by atoms with van der Waals surface area (Å²) in [4.78, 5) is 20.6. The van der Waals surface area contributed by atoms with Gasteiger partial charge in [-0.05, 0) is 12.0 Å². The lowest BCUT2D eigenvalue weighted by Gasteiger charge is -2.10. The van der Waals surface area contributed by atoms with Crippen LogP contribution in [0.4, 0.5) is 5.69 Å². The van der Waals surface area contributed by atoms with Gasteiger partial charge in [-0.2, -0.15) is 0 Å². The number of nitro groups is 1. The molecule has 1 rings (SSSR count). The van der Waals surface area contributed by atoms with E-state index in [2.05, 4.69) is 20.7 Å². The van der Waals surface area contributed by atoms with E-state index in [1.54, 1.807) is 0 Å². The summed E-state index contributed by atoms with van der Waals surface area (Å²) < 4.78 is 4.55. The molecular weight excluding hydrogens is 349 g/mol. The van der Waals surface area contributed by atoms with Gasteiger partial charge in [-0.15, -0.1) is 0 Å². The van der Waals surface area contributed by atoms with Gasteiger partial charge >= 0.3 is 5.97 Å². The molecule has 1 aromatic carbocycles. The molecule has 0 bridgehead atoms. The third kappa shape index (κ3) is 3.57. The third-order valence-electron chi connectivity index (χ3n) is 2.18. The summed E-state index contributed by atoms with van der Waals surface area (Å²) >= 11 is 14.9. The molecule has 98 valence electrons. The van der Waals surface area contributed by atoms with Crippen molar-refractivity contribution in [3.05, 3.63) is 37.9 Å². The fraction of sp³-hybridized carbons (Fsp3) is 0.300. The molecule has 0 amide bonds. The Morgan fingerprint density at radius 2 is 2.00 bits per heavy atom. The first kappa shape index (κ1) is 15.2. The molecule has 0 aliphatic heterocycles. The fourth-order valence-corrected chi connectivity index (χ4v) is 2.42. The first-order chi connectivity index (χ1) is 8.36. The number of nitro benzene ring substituents is 1. The summed E-state index contributed by atoms with van der Waals surface area (Å²) in [6.45, 7) is 0. The predicted molar refractivity (Wildman–Crippen MR) is 71.6 cm³/mol. The number of esters is 1. The van der Waals surface area contributed by atoms with Crippen molar-refractivity contribution in [2.45, 2.75) is 11.2 Å². The Balaban J connectivity index is 3.04. The standard InChI is InChI=1S/C10H8BrCl2NO4/c1-18-10(15)7(11)4-6-8(12)2-5(14(16)17)3-9(6)13/h2-3,7H,4H2,1H3. The zero-order chi connectivity index (χ0) is 13.9. The van der Waals surface area contributed by atoms with Gasteiger partial charge in [0.05, 0.1) is 22.1 Å². The van der Waals surface area contributed by atoms with Crippen molar-refractivity contribution in [2.75, 3.05) is 7.11 Å². The van der Waals surface area contributed by atoms with Gasteiger partial charge in [0.25, 0.3) is 5.69 Å². The first-order valence-electron chi connectivity index (χ1n) is 4.71. The summed E-state index contributed by atoms with van der Waals surface area (Å²) in [6.07, 6.45) is 0.183. The predicted octanol–water partition coefficient (Wildman–Crippen LogP) is 3.38. The van der Waals surface area contributed by atoms with Crippen LogP contribution in [0.1, 0.15) is 5.56 Å². The van der Waals surface area contributed by atoms with Gasteiger partial charge in [-0.1, -0.05) is 39.1 Å². The Bertz CT molecular complexity index is 472. The largest absolute Gasteiger partial charge is 0.468 e. The molecule has 18 heavy (non-hydrogen) atoms. The number of methoxy groups -OCH3 is 1. The Morgan fingerprint density at radius 3 is 2.39 bits per heavy atom. The van der Waals surface area contributed by atoms with Crippen molar-refractivity contribution < 1.29 is 14.5 Å². The molecule has 0 aliphatic carbocycles. The van der Waals surface area contributed by atoms with Crippen LogP contribution in [0.3, 0.4) is 0 Å². The minimum absolute atomic E-state index is 0.141. The topological polar surface area (TPSA) is 69.4 Å². The van der Waals surface area contributed by atoms with Crippen molar-refractivity contribution in [2.24, 2.45) is 0 Å². The number of rotatable bonds is 4. The van der Waals surface area contributed by atoms with E-state index in [0.29, 0.717) is 5.56 Å². The molecule has 8 heteroatoms. The van der Waals surface area contributed by atoms with Gasteiger partial charge in [-0.25, -0.2) is 0 Å². The average molecular weight is 357 g/mol. The smallest absolute Gasteiger partial charge is 0.319 e. The molecule has 0 spiro atoms. The molecule has 1 atom stereocenters. The molecule has 0 aromatic heterocycles. The number of benzene rings is 1. The maximum absolute atomic E-state index is 11.3. The third-order valence-corrected chi connectivity index (χ3v) is 3.55. The van der Waals surface area contributed by atoms with Crippen molar-refractivity contribution in [1.82, 2.24) is 0 Å². The van der Waals surface area contributed by atoms with E-state index in [4.69, 9.17) is 23.2 Å². The van der Waals surface area contributed by atoms with Crippen LogP contribution in [0.25, 0.3) is 0 Å². The van der Waals surface area contributed by atoms with Crippen molar-refractivity contribution in [1.29, 1.82) is 0 Å². The summed E-state index contributed by atoms with van der Waals surface area (Å²) in [5.74, 6) is -0.472. The fourth-order valence-electron chi connectivity index (χ4n) is 1.28. The molecular formula is C10H8BrCl2NO4. The number of carbonyl (C=O) groups is 1. The van der Waals surface area contributed by atoms with Crippen molar-refractivity contribution in [3.63, 3.8) is 0 Å². The Hall–Kier alpha value is -0.850.